The molecule has 0 spiro atoms. The Hall–Kier alpha value is -0.370. The average Bonchev–Trinajstić information content (AvgIpc) is 2.27. The molecular weight excluding hydrogens is 212 g/mol. The van der Waals surface area contributed by atoms with Crippen LogP contribution >= 0.6 is 0 Å². The van der Waals surface area contributed by atoms with Crippen LogP contribution in [0.15, 0.2) is 0 Å². The van der Waals surface area contributed by atoms with Crippen molar-refractivity contribution < 1.29 is 9.53 Å². The summed E-state index contributed by atoms with van der Waals surface area (Å²) in [6, 6.07) is 0. The van der Waals surface area contributed by atoms with Gasteiger partial charge in [-0.25, -0.2) is 0 Å². The van der Waals surface area contributed by atoms with Gasteiger partial charge < -0.3 is 4.74 Å². The van der Waals surface area contributed by atoms with E-state index in [0.29, 0.717) is 29.0 Å². The van der Waals surface area contributed by atoms with E-state index in [9.17, 15) is 4.79 Å². The van der Waals surface area contributed by atoms with E-state index in [1.165, 1.54) is 19.3 Å². The SMILES string of the molecule is CO[C@@]1(C)CC[C@@H]2C(=O)C[C@]3(C)CC[C@H]1[C@H]2C3. The van der Waals surface area contributed by atoms with Crippen LogP contribution in [0.1, 0.15) is 52.4 Å². The molecule has 3 aliphatic carbocycles. The van der Waals surface area contributed by atoms with Gasteiger partial charge in [0.2, 0.25) is 0 Å². The lowest BCUT2D eigenvalue weighted by molar-refractivity contribution is -0.165. The molecule has 3 aliphatic rings. The summed E-state index contributed by atoms with van der Waals surface area (Å²) < 4.78 is 5.81. The van der Waals surface area contributed by atoms with E-state index in [1.807, 2.05) is 7.11 Å². The van der Waals surface area contributed by atoms with Crippen LogP contribution in [0.4, 0.5) is 0 Å². The summed E-state index contributed by atoms with van der Waals surface area (Å²) in [6.07, 6.45) is 6.69. The summed E-state index contributed by atoms with van der Waals surface area (Å²) in [6.45, 7) is 4.58. The van der Waals surface area contributed by atoms with Crippen molar-refractivity contribution in [3.63, 3.8) is 0 Å². The third kappa shape index (κ3) is 1.60. The lowest BCUT2D eigenvalue weighted by atomic mass is 9.49. The fourth-order valence-electron chi connectivity index (χ4n) is 4.92. The summed E-state index contributed by atoms with van der Waals surface area (Å²) >= 11 is 0. The van der Waals surface area contributed by atoms with E-state index >= 15 is 0 Å². The maximum absolute atomic E-state index is 12.3. The molecule has 0 aliphatic heterocycles. The minimum absolute atomic E-state index is 0.0279. The summed E-state index contributed by atoms with van der Waals surface area (Å²) in [5.41, 5.74) is 0.334. The average molecular weight is 236 g/mol. The number of carbonyl (C=O) groups excluding carboxylic acids is 1. The van der Waals surface area contributed by atoms with Crippen LogP contribution in [0.25, 0.3) is 0 Å². The Morgan fingerprint density at radius 3 is 2.71 bits per heavy atom. The quantitative estimate of drug-likeness (QED) is 0.699. The molecule has 0 unspecified atom stereocenters. The molecule has 0 aromatic heterocycles. The minimum atomic E-state index is 0.0279. The van der Waals surface area contributed by atoms with Gasteiger partial charge in [-0.1, -0.05) is 6.92 Å². The second kappa shape index (κ2) is 3.57. The summed E-state index contributed by atoms with van der Waals surface area (Å²) in [5, 5.41) is 0. The molecule has 5 atom stereocenters. The molecule has 0 aromatic carbocycles. The second-order valence-corrected chi connectivity index (χ2v) is 7.13. The van der Waals surface area contributed by atoms with E-state index in [4.69, 9.17) is 4.74 Å². The molecule has 2 nitrogen and oxygen atoms in total. The van der Waals surface area contributed by atoms with Crippen molar-refractivity contribution in [2.45, 2.75) is 58.0 Å². The highest BCUT2D eigenvalue weighted by molar-refractivity contribution is 5.83. The van der Waals surface area contributed by atoms with Crippen molar-refractivity contribution >= 4 is 5.78 Å². The number of rotatable bonds is 1. The zero-order chi connectivity index (χ0) is 12.3. The smallest absolute Gasteiger partial charge is 0.136 e. The largest absolute Gasteiger partial charge is 0.378 e. The zero-order valence-corrected chi connectivity index (χ0v) is 11.3. The van der Waals surface area contributed by atoms with Gasteiger partial charge in [-0.15, -0.1) is 0 Å². The molecule has 0 aromatic rings. The first-order chi connectivity index (χ1) is 7.97. The first-order valence-electron chi connectivity index (χ1n) is 7.05. The molecule has 0 N–H and O–H groups in total. The summed E-state index contributed by atoms with van der Waals surface area (Å²) in [4.78, 5) is 12.3. The molecule has 2 heteroatoms. The highest BCUT2D eigenvalue weighted by atomic mass is 16.5. The maximum Gasteiger partial charge on any atom is 0.136 e. The molecule has 0 amide bonds. The number of fused-ring (bicyclic) bond motifs is 1. The molecule has 2 bridgehead atoms. The lowest BCUT2D eigenvalue weighted by Gasteiger charge is -2.57. The fourth-order valence-corrected chi connectivity index (χ4v) is 4.92. The number of carbonyl (C=O) groups is 1. The second-order valence-electron chi connectivity index (χ2n) is 7.13. The number of ketones is 1. The summed E-state index contributed by atoms with van der Waals surface area (Å²) in [5.74, 6) is 2.13. The normalized spacial score (nSPS) is 53.6. The van der Waals surface area contributed by atoms with Gasteiger partial charge in [-0.3, -0.25) is 4.79 Å². The maximum atomic E-state index is 12.3. The van der Waals surface area contributed by atoms with Crippen molar-refractivity contribution in [1.29, 1.82) is 0 Å². The number of Topliss-reactive ketones (excluding diaryl/α,β-unsaturated/α-hetero) is 1. The van der Waals surface area contributed by atoms with Crippen molar-refractivity contribution in [3.8, 4) is 0 Å². The van der Waals surface area contributed by atoms with Gasteiger partial charge in [-0.05, 0) is 56.3 Å². The van der Waals surface area contributed by atoms with E-state index in [1.54, 1.807) is 0 Å². The van der Waals surface area contributed by atoms with Crippen molar-refractivity contribution in [2.24, 2.45) is 23.2 Å². The predicted octanol–water partition coefficient (Wildman–Crippen LogP) is 3.20. The molecule has 0 saturated heterocycles. The van der Waals surface area contributed by atoms with Crippen LogP contribution in [0.3, 0.4) is 0 Å². The van der Waals surface area contributed by atoms with E-state index in [2.05, 4.69) is 13.8 Å². The van der Waals surface area contributed by atoms with Gasteiger partial charge in [0, 0.05) is 19.4 Å². The number of hydrogen-bond acceptors (Lipinski definition) is 2. The Balaban J connectivity index is 1.94. The molecule has 0 radical (unpaired) electrons. The van der Waals surface area contributed by atoms with E-state index in [0.717, 1.165) is 19.3 Å². The van der Waals surface area contributed by atoms with Crippen LogP contribution in [-0.2, 0) is 9.53 Å². The van der Waals surface area contributed by atoms with Gasteiger partial charge >= 0.3 is 0 Å². The number of hydrogen-bond donors (Lipinski definition) is 0. The van der Waals surface area contributed by atoms with Crippen LogP contribution in [0, 0.1) is 23.2 Å². The standard InChI is InChI=1S/C15H24O2/c1-14-6-5-12-11(8-14)10(13(16)9-14)4-7-15(12,2)17-3/h10-12H,4-9H2,1-3H3/t10-,11-,12-,14+,15-/m0/s1. The Bertz CT molecular complexity index is 351. The third-order valence-electron chi connectivity index (χ3n) is 6.04. The monoisotopic (exact) mass is 236 g/mol. The van der Waals surface area contributed by atoms with Crippen LogP contribution in [0.2, 0.25) is 0 Å². The molecule has 3 saturated carbocycles. The van der Waals surface area contributed by atoms with Gasteiger partial charge in [0.15, 0.2) is 0 Å². The number of methoxy groups -OCH3 is 1. The van der Waals surface area contributed by atoms with Crippen molar-refractivity contribution in [1.82, 2.24) is 0 Å². The van der Waals surface area contributed by atoms with Gasteiger partial charge in [0.25, 0.3) is 0 Å². The highest BCUT2D eigenvalue weighted by Gasteiger charge is 2.56. The molecular formula is C15H24O2. The first kappa shape index (κ1) is 11.7. The van der Waals surface area contributed by atoms with Gasteiger partial charge in [0.05, 0.1) is 5.60 Å². The molecule has 0 heterocycles. The van der Waals surface area contributed by atoms with Crippen molar-refractivity contribution in [2.75, 3.05) is 7.11 Å². The van der Waals surface area contributed by atoms with Crippen LogP contribution in [0.5, 0.6) is 0 Å². The molecule has 3 rings (SSSR count). The predicted molar refractivity (Wildman–Crippen MR) is 66.7 cm³/mol. The lowest BCUT2D eigenvalue weighted by Crippen LogP contribution is -2.56. The first-order valence-corrected chi connectivity index (χ1v) is 7.05. The molecule has 17 heavy (non-hydrogen) atoms. The highest BCUT2D eigenvalue weighted by Crippen LogP contribution is 2.59. The Labute approximate surface area is 104 Å². The van der Waals surface area contributed by atoms with E-state index < -0.39 is 0 Å². The molecule has 96 valence electrons. The Morgan fingerprint density at radius 1 is 1.24 bits per heavy atom. The molecule has 3 fully saturated rings. The van der Waals surface area contributed by atoms with Gasteiger partial charge in [-0.2, -0.15) is 0 Å². The number of ether oxygens (including phenoxy) is 1. The van der Waals surface area contributed by atoms with Crippen molar-refractivity contribution in [3.05, 3.63) is 0 Å². The van der Waals surface area contributed by atoms with Crippen LogP contribution < -0.4 is 0 Å². The zero-order valence-electron chi connectivity index (χ0n) is 11.3. The van der Waals surface area contributed by atoms with Crippen LogP contribution in [-0.4, -0.2) is 18.5 Å². The topological polar surface area (TPSA) is 26.3 Å². The minimum Gasteiger partial charge on any atom is -0.378 e. The Morgan fingerprint density at radius 2 is 2.00 bits per heavy atom. The third-order valence-corrected chi connectivity index (χ3v) is 6.04. The fraction of sp³-hybridized carbons (Fsp3) is 0.933. The van der Waals surface area contributed by atoms with Gasteiger partial charge in [0.1, 0.15) is 5.78 Å². The van der Waals surface area contributed by atoms with E-state index in [-0.39, 0.29) is 5.60 Å². The Kier molecular flexibility index (Phi) is 2.46. The summed E-state index contributed by atoms with van der Waals surface area (Å²) in [7, 11) is 1.85.